The number of hydrogen-bond acceptors (Lipinski definition) is 3. The van der Waals surface area contributed by atoms with Crippen LogP contribution in [0.25, 0.3) is 77.3 Å². The number of hydrogen-bond donors (Lipinski definition) is 0. The summed E-state index contributed by atoms with van der Waals surface area (Å²) in [6.45, 7) is 0. The van der Waals surface area contributed by atoms with Crippen molar-refractivity contribution in [2.45, 2.75) is 0 Å². The zero-order valence-electron chi connectivity index (χ0n) is 27.7. The smallest absolute Gasteiger partial charge is 0.137 e. The Balaban J connectivity index is 1.12. The highest BCUT2D eigenvalue weighted by atomic mass is 16.3. The molecule has 10 rings (SSSR count). The Hall–Kier alpha value is -6.84. The molecule has 3 nitrogen and oxygen atoms in total. The minimum Gasteiger partial charge on any atom is -0.456 e. The van der Waals surface area contributed by atoms with Crippen molar-refractivity contribution >= 4 is 60.9 Å². The summed E-state index contributed by atoms with van der Waals surface area (Å²) in [5.74, 6) is 0. The molecule has 0 aliphatic carbocycles. The van der Waals surface area contributed by atoms with Crippen LogP contribution >= 0.6 is 0 Å². The van der Waals surface area contributed by atoms with Gasteiger partial charge in [-0.2, -0.15) is 0 Å². The molecule has 10 aromatic rings. The second kappa shape index (κ2) is 11.9. The summed E-state index contributed by atoms with van der Waals surface area (Å²) in [7, 11) is 0. The lowest BCUT2D eigenvalue weighted by molar-refractivity contribution is 0.668. The molecule has 240 valence electrons. The Labute approximate surface area is 295 Å². The number of para-hydroxylation sites is 2. The number of benzene rings is 8. The molecule has 0 spiro atoms. The van der Waals surface area contributed by atoms with Gasteiger partial charge in [0.25, 0.3) is 0 Å². The van der Waals surface area contributed by atoms with E-state index in [0.29, 0.717) is 0 Å². The molecular formula is C48H31NO2. The number of rotatable bonds is 6. The van der Waals surface area contributed by atoms with Gasteiger partial charge >= 0.3 is 0 Å². The van der Waals surface area contributed by atoms with E-state index < -0.39 is 0 Å². The lowest BCUT2D eigenvalue weighted by atomic mass is 9.93. The monoisotopic (exact) mass is 653 g/mol. The quantitative estimate of drug-likeness (QED) is 0.179. The SMILES string of the molecule is c1ccc(-c2cc(-c3ccccc3)cc(-c3ccc(N(c4ccc5c(c4)oc4ccccc45)c4ccc5oc6ccccc6c5c4)cc3)c2)cc1. The molecule has 2 heterocycles. The van der Waals surface area contributed by atoms with E-state index in [1.54, 1.807) is 0 Å². The second-order valence-electron chi connectivity index (χ2n) is 13.0. The number of furan rings is 2. The van der Waals surface area contributed by atoms with Crippen LogP contribution in [-0.2, 0) is 0 Å². The fourth-order valence-corrected chi connectivity index (χ4v) is 7.35. The zero-order valence-corrected chi connectivity index (χ0v) is 27.7. The fourth-order valence-electron chi connectivity index (χ4n) is 7.35. The molecule has 51 heavy (non-hydrogen) atoms. The van der Waals surface area contributed by atoms with E-state index in [-0.39, 0.29) is 0 Å². The first kappa shape index (κ1) is 29.1. The van der Waals surface area contributed by atoms with Gasteiger partial charge in [-0.25, -0.2) is 0 Å². The van der Waals surface area contributed by atoms with Crippen molar-refractivity contribution < 1.29 is 8.83 Å². The van der Waals surface area contributed by atoms with Gasteiger partial charge in [-0.05, 0) is 106 Å². The highest BCUT2D eigenvalue weighted by Gasteiger charge is 2.18. The Bertz CT molecular complexity index is 2790. The maximum atomic E-state index is 6.36. The largest absolute Gasteiger partial charge is 0.456 e. The Morgan fingerprint density at radius 3 is 1.31 bits per heavy atom. The summed E-state index contributed by atoms with van der Waals surface area (Å²) >= 11 is 0. The topological polar surface area (TPSA) is 29.5 Å². The van der Waals surface area contributed by atoms with Gasteiger partial charge in [0.15, 0.2) is 0 Å². The molecule has 0 atom stereocenters. The molecular weight excluding hydrogens is 623 g/mol. The van der Waals surface area contributed by atoms with E-state index in [4.69, 9.17) is 8.83 Å². The van der Waals surface area contributed by atoms with E-state index in [2.05, 4.69) is 169 Å². The van der Waals surface area contributed by atoms with E-state index in [1.807, 2.05) is 24.3 Å². The summed E-state index contributed by atoms with van der Waals surface area (Å²) in [6, 6.07) is 66.4. The first-order valence-electron chi connectivity index (χ1n) is 17.2. The molecule has 0 saturated heterocycles. The molecule has 0 amide bonds. The lowest BCUT2D eigenvalue weighted by Crippen LogP contribution is -2.09. The first-order chi connectivity index (χ1) is 25.2. The van der Waals surface area contributed by atoms with Crippen molar-refractivity contribution in [3.8, 4) is 33.4 Å². The Kier molecular flexibility index (Phi) is 6.81. The average molecular weight is 654 g/mol. The van der Waals surface area contributed by atoms with Gasteiger partial charge in [0.05, 0.1) is 0 Å². The van der Waals surface area contributed by atoms with Crippen LogP contribution in [0.5, 0.6) is 0 Å². The average Bonchev–Trinajstić information content (AvgIpc) is 3.76. The molecule has 2 aromatic heterocycles. The number of fused-ring (bicyclic) bond motifs is 6. The van der Waals surface area contributed by atoms with Gasteiger partial charge < -0.3 is 13.7 Å². The van der Waals surface area contributed by atoms with Crippen LogP contribution in [0.15, 0.2) is 197 Å². The van der Waals surface area contributed by atoms with Gasteiger partial charge in [-0.1, -0.05) is 109 Å². The maximum absolute atomic E-state index is 6.36. The second-order valence-corrected chi connectivity index (χ2v) is 13.0. The number of nitrogens with zero attached hydrogens (tertiary/aromatic N) is 1. The Morgan fingerprint density at radius 1 is 0.255 bits per heavy atom. The number of anilines is 3. The van der Waals surface area contributed by atoms with Gasteiger partial charge in [0, 0.05) is 44.7 Å². The fraction of sp³-hybridized carbons (Fsp3) is 0. The molecule has 0 bridgehead atoms. The molecule has 0 aliphatic rings. The minimum absolute atomic E-state index is 0.858. The first-order valence-corrected chi connectivity index (χ1v) is 17.2. The minimum atomic E-state index is 0.858. The van der Waals surface area contributed by atoms with Crippen molar-refractivity contribution in [3.63, 3.8) is 0 Å². The highest BCUT2D eigenvalue weighted by Crippen LogP contribution is 2.42. The highest BCUT2D eigenvalue weighted by molar-refractivity contribution is 6.08. The summed E-state index contributed by atoms with van der Waals surface area (Å²) in [5.41, 5.74) is 13.7. The van der Waals surface area contributed by atoms with Crippen molar-refractivity contribution in [1.29, 1.82) is 0 Å². The molecule has 0 fully saturated rings. The zero-order chi connectivity index (χ0) is 33.7. The molecule has 8 aromatic carbocycles. The van der Waals surface area contributed by atoms with Crippen LogP contribution in [-0.4, -0.2) is 0 Å². The van der Waals surface area contributed by atoms with E-state index >= 15 is 0 Å². The summed E-state index contributed by atoms with van der Waals surface area (Å²) in [4.78, 5) is 2.30. The van der Waals surface area contributed by atoms with Crippen LogP contribution in [0.2, 0.25) is 0 Å². The predicted octanol–water partition coefficient (Wildman–Crippen LogP) is 14.0. The van der Waals surface area contributed by atoms with Crippen LogP contribution in [0.3, 0.4) is 0 Å². The summed E-state index contributed by atoms with van der Waals surface area (Å²) in [6.07, 6.45) is 0. The van der Waals surface area contributed by atoms with E-state index in [0.717, 1.165) is 66.5 Å². The van der Waals surface area contributed by atoms with E-state index in [9.17, 15) is 0 Å². The molecule has 0 N–H and O–H groups in total. The molecule has 0 radical (unpaired) electrons. The normalized spacial score (nSPS) is 11.5. The van der Waals surface area contributed by atoms with Crippen molar-refractivity contribution in [3.05, 3.63) is 188 Å². The molecule has 0 saturated carbocycles. The summed E-state index contributed by atoms with van der Waals surface area (Å²) < 4.78 is 12.6. The maximum Gasteiger partial charge on any atom is 0.137 e. The third-order valence-corrected chi connectivity index (χ3v) is 9.85. The summed E-state index contributed by atoms with van der Waals surface area (Å²) in [5, 5.41) is 4.41. The lowest BCUT2D eigenvalue weighted by Gasteiger charge is -2.26. The van der Waals surface area contributed by atoms with E-state index in [1.165, 1.54) is 27.8 Å². The molecule has 0 aliphatic heterocycles. The predicted molar refractivity (Wildman–Crippen MR) is 212 cm³/mol. The molecule has 0 unspecified atom stereocenters. The van der Waals surface area contributed by atoms with Gasteiger partial charge in [-0.3, -0.25) is 0 Å². The van der Waals surface area contributed by atoms with Crippen LogP contribution < -0.4 is 4.90 Å². The van der Waals surface area contributed by atoms with Crippen molar-refractivity contribution in [1.82, 2.24) is 0 Å². The van der Waals surface area contributed by atoms with Gasteiger partial charge in [0.1, 0.15) is 22.3 Å². The Morgan fingerprint density at radius 2 is 0.686 bits per heavy atom. The van der Waals surface area contributed by atoms with Crippen LogP contribution in [0.1, 0.15) is 0 Å². The third-order valence-electron chi connectivity index (χ3n) is 9.85. The van der Waals surface area contributed by atoms with Crippen LogP contribution in [0.4, 0.5) is 17.1 Å². The molecule has 3 heteroatoms. The van der Waals surface area contributed by atoms with Gasteiger partial charge in [0.2, 0.25) is 0 Å². The third kappa shape index (κ3) is 5.15. The van der Waals surface area contributed by atoms with Gasteiger partial charge in [-0.15, -0.1) is 0 Å². The standard InChI is InChI=1S/C48H31NO2/c1-3-11-32(12-4-1)35-27-36(33-13-5-2-6-14-33)29-37(28-35)34-19-21-38(22-20-34)49(39-24-26-47-44(30-39)42-16-8-10-18-46(42)50-47)40-23-25-43-41-15-7-9-17-45(41)51-48(43)31-40/h1-31H. The van der Waals surface area contributed by atoms with Crippen molar-refractivity contribution in [2.75, 3.05) is 4.90 Å². The van der Waals surface area contributed by atoms with Crippen molar-refractivity contribution in [2.24, 2.45) is 0 Å². The van der Waals surface area contributed by atoms with Crippen LogP contribution in [0, 0.1) is 0 Å².